The minimum absolute atomic E-state index is 0.0791. The number of aryl methyl sites for hydroxylation is 3. The van der Waals surface area contributed by atoms with Crippen molar-refractivity contribution in [1.82, 2.24) is 0 Å². The minimum atomic E-state index is -1.27. The third kappa shape index (κ3) is 3.07. The second-order valence-corrected chi connectivity index (χ2v) is 7.85. The molecule has 0 N–H and O–H groups in total. The summed E-state index contributed by atoms with van der Waals surface area (Å²) in [5.41, 5.74) is 4.08. The van der Waals surface area contributed by atoms with Gasteiger partial charge in [0, 0.05) is 17.9 Å². The SMILES string of the molecule is Cc1ccc([C@@]2([C@@H](CC=O)c3ccccc3)Oc3cc(C)cc(C)c3C2=O)cc1. The van der Waals surface area contributed by atoms with Crippen LogP contribution in [-0.2, 0) is 10.4 Å². The third-order valence-electron chi connectivity index (χ3n) is 5.78. The van der Waals surface area contributed by atoms with Gasteiger partial charge in [-0.05, 0) is 43.5 Å². The molecule has 1 aliphatic rings. The summed E-state index contributed by atoms with van der Waals surface area (Å²) in [5.74, 6) is 0.0907. The number of hydrogen-bond acceptors (Lipinski definition) is 3. The predicted molar refractivity (Wildman–Crippen MR) is 114 cm³/mol. The molecular weight excluding hydrogens is 360 g/mol. The van der Waals surface area contributed by atoms with E-state index in [1.807, 2.05) is 87.5 Å². The molecule has 0 aromatic heterocycles. The highest BCUT2D eigenvalue weighted by Gasteiger charge is 2.55. The first-order valence-corrected chi connectivity index (χ1v) is 9.88. The average molecular weight is 384 g/mol. The number of ketones is 1. The Hall–Kier alpha value is -3.20. The molecule has 0 fully saturated rings. The van der Waals surface area contributed by atoms with Gasteiger partial charge in [-0.2, -0.15) is 0 Å². The van der Waals surface area contributed by atoms with Crippen LogP contribution in [0.2, 0.25) is 0 Å². The van der Waals surface area contributed by atoms with Crippen LogP contribution in [0, 0.1) is 20.8 Å². The van der Waals surface area contributed by atoms with Crippen molar-refractivity contribution in [2.45, 2.75) is 38.7 Å². The predicted octanol–water partition coefficient (Wildman–Crippen LogP) is 5.46. The zero-order valence-corrected chi connectivity index (χ0v) is 16.9. The van der Waals surface area contributed by atoms with Crippen molar-refractivity contribution >= 4 is 12.1 Å². The van der Waals surface area contributed by atoms with Crippen molar-refractivity contribution in [3.8, 4) is 5.75 Å². The molecule has 0 amide bonds. The normalized spacial score (nSPS) is 18.8. The van der Waals surface area contributed by atoms with Crippen LogP contribution in [0.5, 0.6) is 5.75 Å². The highest BCUT2D eigenvalue weighted by atomic mass is 16.5. The lowest BCUT2D eigenvalue weighted by Crippen LogP contribution is -2.43. The molecule has 0 bridgehead atoms. The molecule has 0 spiro atoms. The third-order valence-corrected chi connectivity index (χ3v) is 5.78. The number of carbonyl (C=O) groups excluding carboxylic acids is 2. The molecule has 0 radical (unpaired) electrons. The van der Waals surface area contributed by atoms with Gasteiger partial charge in [-0.15, -0.1) is 0 Å². The summed E-state index contributed by atoms with van der Waals surface area (Å²) in [6.45, 7) is 5.94. The molecule has 3 aromatic carbocycles. The van der Waals surface area contributed by atoms with E-state index >= 15 is 0 Å². The van der Waals surface area contributed by atoms with Gasteiger partial charge in [-0.1, -0.05) is 66.2 Å². The molecule has 3 heteroatoms. The van der Waals surface area contributed by atoms with Gasteiger partial charge in [0.2, 0.25) is 11.4 Å². The van der Waals surface area contributed by atoms with Crippen LogP contribution >= 0.6 is 0 Å². The van der Waals surface area contributed by atoms with Crippen molar-refractivity contribution in [3.05, 3.63) is 100 Å². The fourth-order valence-corrected chi connectivity index (χ4v) is 4.45. The molecule has 146 valence electrons. The van der Waals surface area contributed by atoms with Crippen LogP contribution < -0.4 is 4.74 Å². The standard InChI is InChI=1S/C26H24O3/c1-17-9-11-21(12-10-17)26(22(13-14-27)20-7-5-4-6-8-20)25(28)24-19(3)15-18(2)16-23(24)29-26/h4-12,14-16,22H,13H2,1-3H3/t22-,26-/m0/s1. The van der Waals surface area contributed by atoms with Gasteiger partial charge in [-0.25, -0.2) is 0 Å². The lowest BCUT2D eigenvalue weighted by Gasteiger charge is -2.35. The van der Waals surface area contributed by atoms with E-state index < -0.39 is 11.5 Å². The largest absolute Gasteiger partial charge is 0.473 e. The van der Waals surface area contributed by atoms with E-state index in [9.17, 15) is 9.59 Å². The number of hydrogen-bond donors (Lipinski definition) is 0. The molecular formula is C26H24O3. The molecule has 29 heavy (non-hydrogen) atoms. The number of benzene rings is 3. The number of carbonyl (C=O) groups is 2. The van der Waals surface area contributed by atoms with Crippen LogP contribution in [-0.4, -0.2) is 12.1 Å². The summed E-state index contributed by atoms with van der Waals surface area (Å²) >= 11 is 0. The summed E-state index contributed by atoms with van der Waals surface area (Å²) in [7, 11) is 0. The van der Waals surface area contributed by atoms with E-state index in [-0.39, 0.29) is 12.2 Å². The lowest BCUT2D eigenvalue weighted by molar-refractivity contribution is -0.109. The Morgan fingerprint density at radius 1 is 0.931 bits per heavy atom. The van der Waals surface area contributed by atoms with Gasteiger partial charge in [-0.3, -0.25) is 4.79 Å². The maximum Gasteiger partial charge on any atom is 0.215 e. The van der Waals surface area contributed by atoms with Gasteiger partial charge in [0.15, 0.2) is 0 Å². The van der Waals surface area contributed by atoms with Crippen LogP contribution in [0.3, 0.4) is 0 Å². The van der Waals surface area contributed by atoms with E-state index in [1.165, 1.54) is 0 Å². The van der Waals surface area contributed by atoms with Crippen molar-refractivity contribution in [2.75, 3.05) is 0 Å². The average Bonchev–Trinajstić information content (AvgIpc) is 3.00. The first-order valence-electron chi connectivity index (χ1n) is 9.88. The molecule has 0 saturated carbocycles. The second-order valence-electron chi connectivity index (χ2n) is 7.85. The summed E-state index contributed by atoms with van der Waals surface area (Å²) in [5, 5.41) is 0. The fraction of sp³-hybridized carbons (Fsp3) is 0.231. The van der Waals surface area contributed by atoms with Gasteiger partial charge in [0.25, 0.3) is 0 Å². The smallest absolute Gasteiger partial charge is 0.215 e. The fourth-order valence-electron chi connectivity index (χ4n) is 4.45. The minimum Gasteiger partial charge on any atom is -0.473 e. The molecule has 0 saturated heterocycles. The molecule has 0 unspecified atom stereocenters. The maximum atomic E-state index is 14.0. The first kappa shape index (κ1) is 19.1. The number of Topliss-reactive ketones (excluding diaryl/α,β-unsaturated/α-hetero) is 1. The Morgan fingerprint density at radius 3 is 2.28 bits per heavy atom. The van der Waals surface area contributed by atoms with Crippen LogP contribution in [0.25, 0.3) is 0 Å². The zero-order chi connectivity index (χ0) is 20.6. The molecule has 3 aromatic rings. The summed E-state index contributed by atoms with van der Waals surface area (Å²) in [6.07, 6.45) is 1.07. The summed E-state index contributed by atoms with van der Waals surface area (Å²) in [4.78, 5) is 25.7. The van der Waals surface area contributed by atoms with Crippen molar-refractivity contribution < 1.29 is 14.3 Å². The maximum absolute atomic E-state index is 14.0. The Kier molecular flexibility index (Phi) is 4.83. The van der Waals surface area contributed by atoms with Crippen LogP contribution in [0.4, 0.5) is 0 Å². The van der Waals surface area contributed by atoms with Crippen molar-refractivity contribution in [3.63, 3.8) is 0 Å². The molecule has 4 rings (SSSR count). The van der Waals surface area contributed by atoms with E-state index in [0.29, 0.717) is 11.3 Å². The van der Waals surface area contributed by atoms with Gasteiger partial charge in [0.1, 0.15) is 12.0 Å². The van der Waals surface area contributed by atoms with Gasteiger partial charge in [0.05, 0.1) is 5.56 Å². The molecule has 3 nitrogen and oxygen atoms in total. The van der Waals surface area contributed by atoms with Crippen LogP contribution in [0.15, 0.2) is 66.7 Å². The Balaban J connectivity index is 1.99. The topological polar surface area (TPSA) is 43.4 Å². The second kappa shape index (κ2) is 7.32. The van der Waals surface area contributed by atoms with Gasteiger partial charge >= 0.3 is 0 Å². The number of fused-ring (bicyclic) bond motifs is 1. The summed E-state index contributed by atoms with van der Waals surface area (Å²) in [6, 6.07) is 21.5. The summed E-state index contributed by atoms with van der Waals surface area (Å²) < 4.78 is 6.56. The quantitative estimate of drug-likeness (QED) is 0.549. The van der Waals surface area contributed by atoms with E-state index in [4.69, 9.17) is 4.74 Å². The lowest BCUT2D eigenvalue weighted by atomic mass is 9.72. The Bertz CT molecular complexity index is 1070. The first-order chi connectivity index (χ1) is 14.0. The van der Waals surface area contributed by atoms with Crippen molar-refractivity contribution in [1.29, 1.82) is 0 Å². The molecule has 2 atom stereocenters. The Labute approximate surface area is 171 Å². The molecule has 1 heterocycles. The molecule has 1 aliphatic heterocycles. The Morgan fingerprint density at radius 2 is 1.62 bits per heavy atom. The van der Waals surface area contributed by atoms with E-state index in [0.717, 1.165) is 34.1 Å². The zero-order valence-electron chi connectivity index (χ0n) is 16.9. The number of ether oxygens (including phenoxy) is 1. The number of rotatable bonds is 5. The molecule has 0 aliphatic carbocycles. The highest BCUT2D eigenvalue weighted by Crippen LogP contribution is 2.51. The van der Waals surface area contributed by atoms with E-state index in [2.05, 4.69) is 0 Å². The van der Waals surface area contributed by atoms with Gasteiger partial charge < -0.3 is 9.53 Å². The van der Waals surface area contributed by atoms with Crippen LogP contribution in [0.1, 0.15) is 50.5 Å². The highest BCUT2D eigenvalue weighted by molar-refractivity contribution is 6.10. The van der Waals surface area contributed by atoms with Crippen molar-refractivity contribution in [2.24, 2.45) is 0 Å². The van der Waals surface area contributed by atoms with E-state index in [1.54, 1.807) is 0 Å². The monoisotopic (exact) mass is 384 g/mol. The number of aldehydes is 1.